The fourth-order valence-electron chi connectivity index (χ4n) is 4.43. The van der Waals surface area contributed by atoms with Gasteiger partial charge in [-0.05, 0) is 40.4 Å². The maximum atomic E-state index is 14.2. The molecule has 4 aromatic rings. The highest BCUT2D eigenvalue weighted by Crippen LogP contribution is 2.41. The van der Waals surface area contributed by atoms with Crippen molar-refractivity contribution in [2.24, 2.45) is 5.73 Å². The van der Waals surface area contributed by atoms with Gasteiger partial charge in [-0.15, -0.1) is 0 Å². The molecule has 1 aromatic heterocycles. The number of amides is 3. The van der Waals surface area contributed by atoms with Crippen LogP contribution in [0.1, 0.15) is 42.9 Å². The van der Waals surface area contributed by atoms with Crippen molar-refractivity contribution in [1.82, 2.24) is 14.6 Å². The van der Waals surface area contributed by atoms with E-state index in [1.807, 2.05) is 60.7 Å². The fourth-order valence-corrected chi connectivity index (χ4v) is 5.20. The summed E-state index contributed by atoms with van der Waals surface area (Å²) in [6.45, 7) is 0.228. The fraction of sp³-hybridized carbons (Fsp3) is 0.200. The summed E-state index contributed by atoms with van der Waals surface area (Å²) in [5.74, 6) is -1.03. The van der Waals surface area contributed by atoms with Crippen LogP contribution in [0, 0.1) is 0 Å². The monoisotopic (exact) mass is 589 g/mol. The molecule has 0 fully saturated rings. The number of ether oxygens (including phenoxy) is 3. The molecule has 12 heteroatoms. The standard InChI is InChI=1S/C30H31N5O6S/c1-39-21-14-20(15-22(40-2)26(21)41-3)25(29(37)33-16-18-10-6-4-7-11-18)35(17-19-12-8-5-9-13-19)30(38)27-23(31)24(28(32)36)34-42-27/h4-15,25H,16-17,31H2,1-3H3,(H2,32,36)(H,33,37). The molecule has 1 atom stereocenters. The number of hydrogen-bond donors (Lipinski definition) is 3. The van der Waals surface area contributed by atoms with E-state index in [4.69, 9.17) is 25.7 Å². The van der Waals surface area contributed by atoms with E-state index in [2.05, 4.69) is 9.69 Å². The van der Waals surface area contributed by atoms with E-state index in [9.17, 15) is 14.4 Å². The van der Waals surface area contributed by atoms with Gasteiger partial charge in [0, 0.05) is 13.1 Å². The van der Waals surface area contributed by atoms with Crippen LogP contribution in [0.25, 0.3) is 0 Å². The summed E-state index contributed by atoms with van der Waals surface area (Å²) < 4.78 is 20.6. The largest absolute Gasteiger partial charge is 0.493 e. The zero-order valence-electron chi connectivity index (χ0n) is 23.3. The van der Waals surface area contributed by atoms with Gasteiger partial charge >= 0.3 is 0 Å². The number of carbonyl (C=O) groups excluding carboxylic acids is 3. The van der Waals surface area contributed by atoms with Gasteiger partial charge in [-0.2, -0.15) is 4.37 Å². The van der Waals surface area contributed by atoms with Gasteiger partial charge in [0.25, 0.3) is 11.8 Å². The average Bonchev–Trinajstić information content (AvgIpc) is 3.41. The van der Waals surface area contributed by atoms with E-state index >= 15 is 0 Å². The molecule has 3 aromatic carbocycles. The first kappa shape index (κ1) is 29.9. The lowest BCUT2D eigenvalue weighted by atomic mass is 10.0. The molecule has 0 spiro atoms. The van der Waals surface area contributed by atoms with Gasteiger partial charge < -0.3 is 35.9 Å². The lowest BCUT2D eigenvalue weighted by molar-refractivity contribution is -0.126. The number of primary amides is 1. The van der Waals surface area contributed by atoms with Crippen molar-refractivity contribution in [3.8, 4) is 17.2 Å². The normalized spacial score (nSPS) is 11.3. The van der Waals surface area contributed by atoms with Gasteiger partial charge in [0.15, 0.2) is 17.2 Å². The number of nitrogens with two attached hydrogens (primary N) is 2. The molecule has 5 N–H and O–H groups in total. The van der Waals surface area contributed by atoms with Crippen molar-refractivity contribution in [1.29, 1.82) is 0 Å². The van der Waals surface area contributed by atoms with Crippen molar-refractivity contribution >= 4 is 34.9 Å². The zero-order chi connectivity index (χ0) is 30.2. The summed E-state index contributed by atoms with van der Waals surface area (Å²) >= 11 is 0.739. The van der Waals surface area contributed by atoms with Crippen molar-refractivity contribution < 1.29 is 28.6 Å². The predicted octanol–water partition coefficient (Wildman–Crippen LogP) is 3.55. The van der Waals surface area contributed by atoms with Crippen molar-refractivity contribution in [3.63, 3.8) is 0 Å². The molecule has 0 radical (unpaired) electrons. The minimum Gasteiger partial charge on any atom is -0.493 e. The average molecular weight is 590 g/mol. The molecule has 1 heterocycles. The number of anilines is 1. The maximum Gasteiger partial charge on any atom is 0.270 e. The third kappa shape index (κ3) is 6.44. The van der Waals surface area contributed by atoms with E-state index in [-0.39, 0.29) is 29.3 Å². The number of rotatable bonds is 12. The molecule has 0 aliphatic carbocycles. The summed E-state index contributed by atoms with van der Waals surface area (Å²) in [7, 11) is 4.39. The van der Waals surface area contributed by atoms with Gasteiger partial charge in [-0.1, -0.05) is 60.7 Å². The molecule has 0 aliphatic rings. The van der Waals surface area contributed by atoms with Crippen LogP contribution in [0.4, 0.5) is 5.69 Å². The van der Waals surface area contributed by atoms with Gasteiger partial charge in [-0.25, -0.2) is 0 Å². The van der Waals surface area contributed by atoms with Crippen LogP contribution in [-0.4, -0.2) is 48.3 Å². The number of benzene rings is 3. The SMILES string of the molecule is COc1cc(C(C(=O)NCc2ccccc2)N(Cc2ccccc2)C(=O)c2snc(C(N)=O)c2N)cc(OC)c1OC. The van der Waals surface area contributed by atoms with Crippen LogP contribution < -0.4 is 31.0 Å². The Morgan fingerprint density at radius 1 is 0.905 bits per heavy atom. The first-order chi connectivity index (χ1) is 20.3. The molecular formula is C30H31N5O6S. The number of aromatic nitrogens is 1. The molecule has 0 bridgehead atoms. The number of methoxy groups -OCH3 is 3. The van der Waals surface area contributed by atoms with Crippen LogP contribution in [0.15, 0.2) is 72.8 Å². The minimum atomic E-state index is -1.20. The van der Waals surface area contributed by atoms with Crippen molar-refractivity contribution in [3.05, 3.63) is 100 Å². The maximum absolute atomic E-state index is 14.2. The van der Waals surface area contributed by atoms with Crippen LogP contribution >= 0.6 is 11.5 Å². The minimum absolute atomic E-state index is 0.0169. The molecule has 11 nitrogen and oxygen atoms in total. The van der Waals surface area contributed by atoms with Gasteiger partial charge in [0.05, 0.1) is 27.0 Å². The van der Waals surface area contributed by atoms with Crippen LogP contribution in [-0.2, 0) is 17.9 Å². The van der Waals surface area contributed by atoms with Gasteiger partial charge in [0.1, 0.15) is 10.9 Å². The lowest BCUT2D eigenvalue weighted by Crippen LogP contribution is -2.43. The molecule has 42 heavy (non-hydrogen) atoms. The van der Waals surface area contributed by atoms with Gasteiger partial charge in [0.2, 0.25) is 11.7 Å². The van der Waals surface area contributed by atoms with Crippen LogP contribution in [0.2, 0.25) is 0 Å². The first-order valence-electron chi connectivity index (χ1n) is 12.8. The van der Waals surface area contributed by atoms with E-state index in [0.29, 0.717) is 22.8 Å². The number of carbonyl (C=O) groups is 3. The highest BCUT2D eigenvalue weighted by atomic mass is 32.1. The molecule has 0 saturated heterocycles. The number of hydrogen-bond acceptors (Lipinski definition) is 9. The number of nitrogens with zero attached hydrogens (tertiary/aromatic N) is 2. The Labute approximate surface area is 247 Å². The zero-order valence-corrected chi connectivity index (χ0v) is 24.1. The van der Waals surface area contributed by atoms with E-state index in [0.717, 1.165) is 22.7 Å². The van der Waals surface area contributed by atoms with E-state index in [1.54, 1.807) is 12.1 Å². The lowest BCUT2D eigenvalue weighted by Gasteiger charge is -2.32. The quantitative estimate of drug-likeness (QED) is 0.226. The second-order valence-electron chi connectivity index (χ2n) is 9.12. The molecule has 3 amide bonds. The summed E-state index contributed by atoms with van der Waals surface area (Å²) in [5.41, 5.74) is 13.2. The van der Waals surface area contributed by atoms with E-state index < -0.39 is 23.8 Å². The Morgan fingerprint density at radius 3 is 1.98 bits per heavy atom. The summed E-state index contributed by atoms with van der Waals surface area (Å²) in [4.78, 5) is 41.5. The number of nitrogens with one attached hydrogen (secondary N) is 1. The van der Waals surface area contributed by atoms with Crippen LogP contribution in [0.5, 0.6) is 17.2 Å². The Hall–Kier alpha value is -5.10. The van der Waals surface area contributed by atoms with Gasteiger partial charge in [-0.3, -0.25) is 14.4 Å². The topological polar surface area (TPSA) is 159 Å². The predicted molar refractivity (Wildman–Crippen MR) is 158 cm³/mol. The summed E-state index contributed by atoms with van der Waals surface area (Å²) in [6.07, 6.45) is 0. The molecule has 4 rings (SSSR count). The summed E-state index contributed by atoms with van der Waals surface area (Å²) in [5, 5.41) is 2.95. The Morgan fingerprint density at radius 2 is 1.48 bits per heavy atom. The highest BCUT2D eigenvalue weighted by Gasteiger charge is 2.36. The molecule has 1 unspecified atom stereocenters. The summed E-state index contributed by atoms with van der Waals surface area (Å²) in [6, 6.07) is 20.6. The second kappa shape index (κ2) is 13.5. The molecular weight excluding hydrogens is 558 g/mol. The molecule has 0 saturated carbocycles. The number of nitrogen functional groups attached to an aromatic ring is 1. The molecule has 0 aliphatic heterocycles. The Balaban J connectivity index is 1.88. The van der Waals surface area contributed by atoms with E-state index in [1.165, 1.54) is 26.2 Å². The third-order valence-electron chi connectivity index (χ3n) is 6.48. The first-order valence-corrected chi connectivity index (χ1v) is 13.6. The van der Waals surface area contributed by atoms with Crippen LogP contribution in [0.3, 0.4) is 0 Å². The van der Waals surface area contributed by atoms with Crippen molar-refractivity contribution in [2.45, 2.75) is 19.1 Å². The Bertz CT molecular complexity index is 1540. The third-order valence-corrected chi connectivity index (χ3v) is 7.34. The molecule has 218 valence electrons. The smallest absolute Gasteiger partial charge is 0.270 e. The van der Waals surface area contributed by atoms with Crippen molar-refractivity contribution in [2.75, 3.05) is 27.1 Å². The highest BCUT2D eigenvalue weighted by molar-refractivity contribution is 7.09. The Kier molecular flexibility index (Phi) is 9.61. The second-order valence-corrected chi connectivity index (χ2v) is 9.89.